The summed E-state index contributed by atoms with van der Waals surface area (Å²) in [5.74, 6) is 0.552. The first kappa shape index (κ1) is 24.2. The third kappa shape index (κ3) is 5.09. The van der Waals surface area contributed by atoms with Crippen molar-refractivity contribution >= 4 is 67.1 Å². The summed E-state index contributed by atoms with van der Waals surface area (Å²) in [6.07, 6.45) is 0. The molecular formula is C25H22BrClN4O2S. The summed E-state index contributed by atoms with van der Waals surface area (Å²) < 4.78 is 8.06. The van der Waals surface area contributed by atoms with Crippen molar-refractivity contribution in [1.29, 1.82) is 0 Å². The van der Waals surface area contributed by atoms with Crippen molar-refractivity contribution in [1.82, 2.24) is 4.57 Å². The molecule has 0 amide bonds. The van der Waals surface area contributed by atoms with Gasteiger partial charge in [0.05, 0.1) is 24.9 Å². The summed E-state index contributed by atoms with van der Waals surface area (Å²) in [5, 5.41) is 24.0. The van der Waals surface area contributed by atoms with Gasteiger partial charge < -0.3 is 19.7 Å². The van der Waals surface area contributed by atoms with Crippen molar-refractivity contribution in [3.63, 3.8) is 0 Å². The maximum atomic E-state index is 11.1. The number of methoxy groups -OCH3 is 1. The summed E-state index contributed by atoms with van der Waals surface area (Å²) in [7, 11) is 1.55. The minimum Gasteiger partial charge on any atom is -0.495 e. The van der Waals surface area contributed by atoms with Crippen LogP contribution in [-0.2, 0) is 6.54 Å². The highest BCUT2D eigenvalue weighted by Gasteiger charge is 2.18. The van der Waals surface area contributed by atoms with Crippen molar-refractivity contribution in [3.05, 3.63) is 80.8 Å². The number of nitrogens with one attached hydrogen (secondary N) is 1. The zero-order valence-corrected chi connectivity index (χ0v) is 21.9. The molecule has 6 nitrogen and oxygen atoms in total. The van der Waals surface area contributed by atoms with Crippen LogP contribution < -0.4 is 10.1 Å². The summed E-state index contributed by atoms with van der Waals surface area (Å²) >= 11 is 15.1. The average Bonchev–Trinajstić information content (AvgIpc) is 3.04. The van der Waals surface area contributed by atoms with Gasteiger partial charge in [-0.15, -0.1) is 10.2 Å². The lowest BCUT2D eigenvalue weighted by Gasteiger charge is -2.11. The van der Waals surface area contributed by atoms with Crippen LogP contribution in [0.25, 0.3) is 10.9 Å². The number of rotatable bonds is 5. The molecule has 174 valence electrons. The molecule has 0 spiro atoms. The van der Waals surface area contributed by atoms with Crippen LogP contribution in [0.1, 0.15) is 16.7 Å². The minimum absolute atomic E-state index is 0.0149. The highest BCUT2D eigenvalue weighted by molar-refractivity contribution is 9.10. The van der Waals surface area contributed by atoms with Gasteiger partial charge in [0, 0.05) is 20.9 Å². The Morgan fingerprint density at radius 3 is 2.71 bits per heavy atom. The van der Waals surface area contributed by atoms with E-state index in [1.165, 1.54) is 0 Å². The van der Waals surface area contributed by atoms with Crippen LogP contribution in [-0.4, -0.2) is 21.9 Å². The number of hydrogen-bond acceptors (Lipinski definition) is 4. The molecule has 0 radical (unpaired) electrons. The first-order valence-electron chi connectivity index (χ1n) is 10.4. The van der Waals surface area contributed by atoms with Crippen molar-refractivity contribution in [2.24, 2.45) is 10.2 Å². The van der Waals surface area contributed by atoms with E-state index >= 15 is 0 Å². The zero-order valence-electron chi connectivity index (χ0n) is 18.8. The molecule has 4 aromatic rings. The van der Waals surface area contributed by atoms with E-state index in [9.17, 15) is 5.11 Å². The summed E-state index contributed by atoms with van der Waals surface area (Å²) in [4.78, 5) is 0. The highest BCUT2D eigenvalue weighted by Crippen LogP contribution is 2.40. The number of azo groups is 1. The molecule has 0 aliphatic heterocycles. The van der Waals surface area contributed by atoms with Crippen LogP contribution in [0.5, 0.6) is 11.6 Å². The standard InChI is InChI=1S/C25H22BrClN4O2S/c1-14-5-4-6-16(9-14)13-31-21-8-7-17(26)11-18(21)23(24(31)32)29-30-25(34)28-20-10-15(2)19(27)12-22(20)33-3/h4-12,32H,13H2,1-3H3,(H,28,34). The van der Waals surface area contributed by atoms with Crippen LogP contribution in [0.4, 0.5) is 11.4 Å². The fourth-order valence-electron chi connectivity index (χ4n) is 3.71. The fraction of sp³-hybridized carbons (Fsp3) is 0.160. The van der Waals surface area contributed by atoms with E-state index in [-0.39, 0.29) is 11.0 Å². The fourth-order valence-corrected chi connectivity index (χ4v) is 4.38. The number of halogens is 2. The second kappa shape index (κ2) is 10.1. The average molecular weight is 558 g/mol. The van der Waals surface area contributed by atoms with E-state index in [0.29, 0.717) is 28.7 Å². The molecule has 34 heavy (non-hydrogen) atoms. The van der Waals surface area contributed by atoms with Gasteiger partial charge in [-0.1, -0.05) is 57.4 Å². The Labute approximate surface area is 216 Å². The van der Waals surface area contributed by atoms with Gasteiger partial charge in [-0.2, -0.15) is 0 Å². The normalized spacial score (nSPS) is 11.3. The predicted molar refractivity (Wildman–Crippen MR) is 145 cm³/mol. The molecule has 0 fully saturated rings. The topological polar surface area (TPSA) is 71.1 Å². The summed E-state index contributed by atoms with van der Waals surface area (Å²) in [6, 6.07) is 17.5. The Morgan fingerprint density at radius 1 is 1.18 bits per heavy atom. The highest BCUT2D eigenvalue weighted by atomic mass is 79.9. The van der Waals surface area contributed by atoms with Gasteiger partial charge >= 0.3 is 0 Å². The minimum atomic E-state index is 0.0149. The van der Waals surface area contributed by atoms with E-state index in [1.807, 2.05) is 60.9 Å². The summed E-state index contributed by atoms with van der Waals surface area (Å²) in [5.41, 5.74) is 4.90. The van der Waals surface area contributed by atoms with E-state index in [1.54, 1.807) is 13.2 Å². The Balaban J connectivity index is 1.68. The molecule has 0 aliphatic carbocycles. The maximum Gasteiger partial charge on any atom is 0.221 e. The number of aromatic nitrogens is 1. The lowest BCUT2D eigenvalue weighted by Crippen LogP contribution is -2.06. The second-order valence-electron chi connectivity index (χ2n) is 7.84. The van der Waals surface area contributed by atoms with Crippen LogP contribution in [0, 0.1) is 13.8 Å². The molecule has 3 aromatic carbocycles. The first-order chi connectivity index (χ1) is 16.3. The predicted octanol–water partition coefficient (Wildman–Crippen LogP) is 7.92. The van der Waals surface area contributed by atoms with Gasteiger partial charge in [-0.3, -0.25) is 0 Å². The number of aromatic hydroxyl groups is 1. The third-order valence-corrected chi connectivity index (χ3v) is 6.44. The molecule has 0 saturated heterocycles. The second-order valence-corrected chi connectivity index (χ2v) is 9.55. The van der Waals surface area contributed by atoms with Gasteiger partial charge in [-0.05, 0) is 61.5 Å². The van der Waals surface area contributed by atoms with E-state index in [0.717, 1.165) is 32.1 Å². The molecule has 2 N–H and O–H groups in total. The Hall–Kier alpha value is -2.94. The van der Waals surface area contributed by atoms with E-state index in [4.69, 9.17) is 28.6 Å². The van der Waals surface area contributed by atoms with Crippen molar-refractivity contribution in [2.75, 3.05) is 12.4 Å². The Morgan fingerprint density at radius 2 is 1.97 bits per heavy atom. The molecule has 0 bridgehead atoms. The van der Waals surface area contributed by atoms with Crippen molar-refractivity contribution in [2.45, 2.75) is 20.4 Å². The van der Waals surface area contributed by atoms with Gasteiger partial charge in [0.15, 0.2) is 5.69 Å². The van der Waals surface area contributed by atoms with Gasteiger partial charge in [0.1, 0.15) is 5.75 Å². The zero-order chi connectivity index (χ0) is 24.4. The largest absolute Gasteiger partial charge is 0.495 e. The van der Waals surface area contributed by atoms with Crippen LogP contribution in [0.3, 0.4) is 0 Å². The van der Waals surface area contributed by atoms with E-state index in [2.05, 4.69) is 37.5 Å². The number of ether oxygens (including phenoxy) is 1. The lowest BCUT2D eigenvalue weighted by atomic mass is 10.1. The van der Waals surface area contributed by atoms with E-state index < -0.39 is 0 Å². The number of thiocarbonyl (C=S) groups is 1. The van der Waals surface area contributed by atoms with Crippen molar-refractivity contribution in [3.8, 4) is 11.6 Å². The number of aryl methyl sites for hydroxylation is 2. The van der Waals surface area contributed by atoms with Gasteiger partial charge in [0.25, 0.3) is 0 Å². The quantitative estimate of drug-likeness (QED) is 0.193. The number of anilines is 1. The molecular weight excluding hydrogens is 536 g/mol. The van der Waals surface area contributed by atoms with Gasteiger partial charge in [0.2, 0.25) is 11.0 Å². The third-order valence-electron chi connectivity index (χ3n) is 5.36. The number of hydrogen-bond donors (Lipinski definition) is 2. The molecule has 0 aliphatic rings. The Kier molecular flexibility index (Phi) is 7.21. The molecule has 0 unspecified atom stereocenters. The van der Waals surface area contributed by atoms with Crippen LogP contribution >= 0.6 is 39.7 Å². The molecule has 0 saturated carbocycles. The number of benzene rings is 3. The molecule has 1 aromatic heterocycles. The SMILES string of the molecule is COc1cc(Cl)c(C)cc1NC(=S)N=Nc1c(O)n(Cc2cccc(C)c2)c2ccc(Br)cc12. The van der Waals surface area contributed by atoms with Crippen LogP contribution in [0.2, 0.25) is 5.02 Å². The monoisotopic (exact) mass is 556 g/mol. The molecule has 4 rings (SSSR count). The molecule has 1 heterocycles. The smallest absolute Gasteiger partial charge is 0.221 e. The van der Waals surface area contributed by atoms with Crippen LogP contribution in [0.15, 0.2) is 69.3 Å². The molecule has 9 heteroatoms. The number of fused-ring (bicyclic) bond motifs is 1. The maximum absolute atomic E-state index is 11.1. The number of nitrogens with zero attached hydrogens (tertiary/aromatic N) is 3. The summed E-state index contributed by atoms with van der Waals surface area (Å²) in [6.45, 7) is 4.42. The lowest BCUT2D eigenvalue weighted by molar-refractivity contribution is 0.417. The molecule has 0 atom stereocenters. The van der Waals surface area contributed by atoms with Crippen molar-refractivity contribution < 1.29 is 9.84 Å². The first-order valence-corrected chi connectivity index (χ1v) is 12.0. The Bertz CT molecular complexity index is 1430. The van der Waals surface area contributed by atoms with Gasteiger partial charge in [-0.25, -0.2) is 0 Å².